The van der Waals surface area contributed by atoms with Gasteiger partial charge in [-0.3, -0.25) is 0 Å². The van der Waals surface area contributed by atoms with E-state index in [2.05, 4.69) is 45.0 Å². The van der Waals surface area contributed by atoms with Gasteiger partial charge in [-0.25, -0.2) is 0 Å². The number of nitrogens with one attached hydrogen (secondary N) is 1. The lowest BCUT2D eigenvalue weighted by Gasteiger charge is -2.46. The molecule has 2 heteroatoms. The lowest BCUT2D eigenvalue weighted by atomic mass is 9.68. The summed E-state index contributed by atoms with van der Waals surface area (Å²) in [5, 5.41) is 4.05. The molecule has 3 fully saturated rings. The molecule has 3 atom stereocenters. The molecule has 0 aromatic heterocycles. The van der Waals surface area contributed by atoms with Gasteiger partial charge in [-0.15, -0.1) is 0 Å². The number of fused-ring (bicyclic) bond motifs is 2. The van der Waals surface area contributed by atoms with Crippen LogP contribution in [-0.4, -0.2) is 37.6 Å². The van der Waals surface area contributed by atoms with Crippen molar-refractivity contribution in [2.24, 2.45) is 22.2 Å². The lowest BCUT2D eigenvalue weighted by molar-refractivity contribution is 0.0779. The van der Waals surface area contributed by atoms with Gasteiger partial charge >= 0.3 is 0 Å². The highest BCUT2D eigenvalue weighted by Gasteiger charge is 2.59. The van der Waals surface area contributed by atoms with E-state index >= 15 is 0 Å². The SMILES string of the molecule is CN1CCC(C)(CNC2C3(C)CCC(C3)C2(C)C)CC1. The predicted molar refractivity (Wildman–Crippen MR) is 85.9 cm³/mol. The second kappa shape index (κ2) is 4.71. The minimum atomic E-state index is 0.495. The van der Waals surface area contributed by atoms with Gasteiger partial charge in [0.1, 0.15) is 0 Å². The molecule has 0 amide bonds. The molecule has 0 aromatic rings. The Balaban J connectivity index is 1.63. The van der Waals surface area contributed by atoms with Gasteiger partial charge in [0, 0.05) is 12.6 Å². The van der Waals surface area contributed by atoms with Gasteiger partial charge < -0.3 is 10.2 Å². The number of likely N-dealkylation sites (tertiary alicyclic amines) is 1. The predicted octanol–water partition coefficient (Wildman–Crippen LogP) is 3.52. The second-order valence-electron chi connectivity index (χ2n) is 9.34. The van der Waals surface area contributed by atoms with E-state index in [-0.39, 0.29) is 0 Å². The van der Waals surface area contributed by atoms with Gasteiger partial charge in [-0.1, -0.05) is 27.7 Å². The number of rotatable bonds is 3. The van der Waals surface area contributed by atoms with E-state index in [1.54, 1.807) is 0 Å². The van der Waals surface area contributed by atoms with Crippen molar-refractivity contribution in [3.63, 3.8) is 0 Å². The smallest absolute Gasteiger partial charge is 0.0175 e. The molecule has 116 valence electrons. The fourth-order valence-corrected chi connectivity index (χ4v) is 5.50. The van der Waals surface area contributed by atoms with Gasteiger partial charge in [0.2, 0.25) is 0 Å². The number of hydrogen-bond donors (Lipinski definition) is 1. The Bertz CT molecular complexity index is 363. The summed E-state index contributed by atoms with van der Waals surface area (Å²) in [5.41, 5.74) is 1.57. The van der Waals surface area contributed by atoms with Gasteiger partial charge in [-0.2, -0.15) is 0 Å². The lowest BCUT2D eigenvalue weighted by Crippen LogP contribution is -2.54. The fourth-order valence-electron chi connectivity index (χ4n) is 5.50. The van der Waals surface area contributed by atoms with Crippen LogP contribution < -0.4 is 5.32 Å². The maximum Gasteiger partial charge on any atom is 0.0175 e. The van der Waals surface area contributed by atoms with Crippen molar-refractivity contribution in [3.05, 3.63) is 0 Å². The largest absolute Gasteiger partial charge is 0.312 e. The van der Waals surface area contributed by atoms with Gasteiger partial charge in [0.25, 0.3) is 0 Å². The summed E-state index contributed by atoms with van der Waals surface area (Å²) >= 11 is 0. The first-order valence-corrected chi connectivity index (χ1v) is 8.67. The summed E-state index contributed by atoms with van der Waals surface area (Å²) in [4.78, 5) is 2.48. The Labute approximate surface area is 125 Å². The van der Waals surface area contributed by atoms with Gasteiger partial charge in [0.15, 0.2) is 0 Å². The molecular weight excluding hydrogens is 244 g/mol. The standard InChI is InChI=1S/C18H34N2/c1-16(2)14-6-7-18(4,12-14)15(16)19-13-17(3)8-10-20(5)11-9-17/h14-15,19H,6-13H2,1-5H3. The molecule has 0 aromatic carbocycles. The molecule has 3 aliphatic rings. The van der Waals surface area contributed by atoms with Crippen LogP contribution in [0.25, 0.3) is 0 Å². The molecule has 20 heavy (non-hydrogen) atoms. The number of piperidine rings is 1. The molecule has 2 aliphatic carbocycles. The van der Waals surface area contributed by atoms with Crippen LogP contribution in [0.3, 0.4) is 0 Å². The molecule has 2 nitrogen and oxygen atoms in total. The first-order chi connectivity index (χ1) is 9.25. The molecule has 1 saturated heterocycles. The minimum absolute atomic E-state index is 0.495. The van der Waals surface area contributed by atoms with Crippen LogP contribution in [-0.2, 0) is 0 Å². The summed E-state index contributed by atoms with van der Waals surface area (Å²) in [5.74, 6) is 0.954. The highest BCUT2D eigenvalue weighted by atomic mass is 15.1. The zero-order chi connectivity index (χ0) is 14.6. The molecule has 1 aliphatic heterocycles. The van der Waals surface area contributed by atoms with Crippen LogP contribution in [0, 0.1) is 22.2 Å². The van der Waals surface area contributed by atoms with Gasteiger partial charge in [-0.05, 0) is 74.4 Å². The average Bonchev–Trinajstić information content (AvgIpc) is 2.84. The Morgan fingerprint density at radius 2 is 1.70 bits per heavy atom. The van der Waals surface area contributed by atoms with Crippen LogP contribution in [0.15, 0.2) is 0 Å². The molecule has 0 spiro atoms. The van der Waals surface area contributed by atoms with Crippen molar-refractivity contribution in [1.29, 1.82) is 0 Å². The van der Waals surface area contributed by atoms with Crippen LogP contribution in [0.1, 0.15) is 59.8 Å². The zero-order valence-electron chi connectivity index (χ0n) is 14.3. The van der Waals surface area contributed by atoms with E-state index in [4.69, 9.17) is 0 Å². The third-order valence-corrected chi connectivity index (χ3v) is 7.20. The monoisotopic (exact) mass is 278 g/mol. The Morgan fingerprint density at radius 3 is 2.25 bits per heavy atom. The molecule has 2 saturated carbocycles. The topological polar surface area (TPSA) is 15.3 Å². The molecule has 1 heterocycles. The van der Waals surface area contributed by atoms with E-state index in [1.165, 1.54) is 51.7 Å². The van der Waals surface area contributed by atoms with Crippen LogP contribution in [0.5, 0.6) is 0 Å². The van der Waals surface area contributed by atoms with Crippen molar-refractivity contribution in [3.8, 4) is 0 Å². The van der Waals surface area contributed by atoms with E-state index < -0.39 is 0 Å². The Hall–Kier alpha value is -0.0800. The average molecular weight is 278 g/mol. The van der Waals surface area contributed by atoms with Gasteiger partial charge in [0.05, 0.1) is 0 Å². The fraction of sp³-hybridized carbons (Fsp3) is 1.00. The quantitative estimate of drug-likeness (QED) is 0.849. The maximum absolute atomic E-state index is 4.05. The number of hydrogen-bond acceptors (Lipinski definition) is 2. The maximum atomic E-state index is 4.05. The Kier molecular flexibility index (Phi) is 3.49. The van der Waals surface area contributed by atoms with Crippen molar-refractivity contribution in [2.45, 2.75) is 65.8 Å². The summed E-state index contributed by atoms with van der Waals surface area (Å²) in [6.07, 6.45) is 7.06. The van der Waals surface area contributed by atoms with E-state index in [0.29, 0.717) is 16.2 Å². The van der Waals surface area contributed by atoms with E-state index in [9.17, 15) is 0 Å². The van der Waals surface area contributed by atoms with E-state index in [1.807, 2.05) is 0 Å². The minimum Gasteiger partial charge on any atom is -0.312 e. The summed E-state index contributed by atoms with van der Waals surface area (Å²) in [6, 6.07) is 0.727. The summed E-state index contributed by atoms with van der Waals surface area (Å²) < 4.78 is 0. The molecule has 3 unspecified atom stereocenters. The molecule has 2 bridgehead atoms. The second-order valence-corrected chi connectivity index (χ2v) is 9.34. The molecule has 3 rings (SSSR count). The van der Waals surface area contributed by atoms with Crippen LogP contribution >= 0.6 is 0 Å². The van der Waals surface area contributed by atoms with Crippen LogP contribution in [0.4, 0.5) is 0 Å². The highest BCUT2D eigenvalue weighted by molar-refractivity contribution is 5.12. The van der Waals surface area contributed by atoms with Crippen molar-refractivity contribution in [2.75, 3.05) is 26.7 Å². The van der Waals surface area contributed by atoms with Crippen LogP contribution in [0.2, 0.25) is 0 Å². The Morgan fingerprint density at radius 1 is 1.05 bits per heavy atom. The summed E-state index contributed by atoms with van der Waals surface area (Å²) in [6.45, 7) is 13.8. The number of nitrogens with zero attached hydrogens (tertiary/aromatic N) is 1. The zero-order valence-corrected chi connectivity index (χ0v) is 14.3. The molecular formula is C18H34N2. The highest BCUT2D eigenvalue weighted by Crippen LogP contribution is 2.62. The normalized spacial score (nSPS) is 43.0. The molecule has 1 N–H and O–H groups in total. The van der Waals surface area contributed by atoms with E-state index in [0.717, 1.165) is 12.0 Å². The first-order valence-electron chi connectivity index (χ1n) is 8.67. The van der Waals surface area contributed by atoms with Crippen molar-refractivity contribution in [1.82, 2.24) is 10.2 Å². The molecule has 0 radical (unpaired) electrons. The third-order valence-electron chi connectivity index (χ3n) is 7.20. The third kappa shape index (κ3) is 2.33. The summed E-state index contributed by atoms with van der Waals surface area (Å²) in [7, 11) is 2.26. The first kappa shape index (κ1) is 14.8. The van der Waals surface area contributed by atoms with Crippen molar-refractivity contribution >= 4 is 0 Å². The van der Waals surface area contributed by atoms with Crippen molar-refractivity contribution < 1.29 is 0 Å².